The summed E-state index contributed by atoms with van der Waals surface area (Å²) in [6.07, 6.45) is 2.33. The van der Waals surface area contributed by atoms with Crippen LogP contribution >= 0.6 is 0 Å². The third kappa shape index (κ3) is 2.64. The predicted octanol–water partition coefficient (Wildman–Crippen LogP) is 0.359. The fourth-order valence-corrected chi connectivity index (χ4v) is 0.444. The Labute approximate surface area is 61.0 Å². The maximum atomic E-state index is 10.9. The highest BCUT2D eigenvalue weighted by Gasteiger charge is 2.08. The van der Waals surface area contributed by atoms with Gasteiger partial charge in [-0.2, -0.15) is 0 Å². The zero-order chi connectivity index (χ0) is 8.15. The number of allylic oxidation sites excluding steroid dienone is 1. The Bertz CT molecular complexity index is 141. The van der Waals surface area contributed by atoms with Crippen molar-refractivity contribution in [3.8, 4) is 0 Å². The van der Waals surface area contributed by atoms with Crippen LogP contribution < -0.4 is 0 Å². The molecule has 0 radical (unpaired) electrons. The van der Waals surface area contributed by atoms with Gasteiger partial charge in [0.1, 0.15) is 6.23 Å². The van der Waals surface area contributed by atoms with Gasteiger partial charge in [0, 0.05) is 7.05 Å². The number of hydrogen-bond donors (Lipinski definition) is 1. The molecule has 0 aromatic rings. The van der Waals surface area contributed by atoms with Crippen LogP contribution in [0.3, 0.4) is 0 Å². The van der Waals surface area contributed by atoms with E-state index in [9.17, 15) is 4.79 Å². The van der Waals surface area contributed by atoms with E-state index in [4.69, 9.17) is 5.11 Å². The molecule has 1 N–H and O–H groups in total. The molecule has 0 heterocycles. The topological polar surface area (TPSA) is 40.5 Å². The number of carbonyl (C=O) groups is 1. The molecule has 3 heteroatoms. The van der Waals surface area contributed by atoms with Crippen molar-refractivity contribution < 1.29 is 9.90 Å². The van der Waals surface area contributed by atoms with Crippen LogP contribution in [-0.2, 0) is 4.79 Å². The van der Waals surface area contributed by atoms with Crippen molar-refractivity contribution in [2.24, 2.45) is 0 Å². The van der Waals surface area contributed by atoms with E-state index in [1.807, 2.05) is 0 Å². The molecule has 0 aliphatic rings. The first kappa shape index (κ1) is 9.17. The van der Waals surface area contributed by atoms with Crippen molar-refractivity contribution in [1.82, 2.24) is 4.90 Å². The summed E-state index contributed by atoms with van der Waals surface area (Å²) in [6, 6.07) is 0. The first-order valence-electron chi connectivity index (χ1n) is 3.17. The highest BCUT2D eigenvalue weighted by Crippen LogP contribution is 1.91. The zero-order valence-electron chi connectivity index (χ0n) is 6.53. The quantitative estimate of drug-likeness (QED) is 0.448. The largest absolute Gasteiger partial charge is 0.374 e. The Hall–Kier alpha value is -0.830. The summed E-state index contributed by atoms with van der Waals surface area (Å²) < 4.78 is 0. The molecule has 1 amide bonds. The van der Waals surface area contributed by atoms with Crippen LogP contribution in [0.25, 0.3) is 0 Å². The summed E-state index contributed by atoms with van der Waals surface area (Å²) in [5.74, 6) is -0.183. The molecule has 3 nitrogen and oxygen atoms in total. The Morgan fingerprint density at radius 1 is 1.70 bits per heavy atom. The van der Waals surface area contributed by atoms with E-state index in [-0.39, 0.29) is 5.91 Å². The molecular weight excluding hydrogens is 130 g/mol. The maximum absolute atomic E-state index is 10.9. The van der Waals surface area contributed by atoms with Gasteiger partial charge in [0.05, 0.1) is 0 Å². The van der Waals surface area contributed by atoms with Crippen LogP contribution in [0.4, 0.5) is 0 Å². The van der Waals surface area contributed by atoms with E-state index in [0.29, 0.717) is 0 Å². The minimum Gasteiger partial charge on any atom is -0.374 e. The molecule has 1 unspecified atom stereocenters. The van der Waals surface area contributed by atoms with Crippen molar-refractivity contribution in [3.05, 3.63) is 12.2 Å². The van der Waals surface area contributed by atoms with Gasteiger partial charge in [0.2, 0.25) is 5.91 Å². The van der Waals surface area contributed by atoms with Crippen molar-refractivity contribution in [2.45, 2.75) is 20.1 Å². The first-order valence-corrected chi connectivity index (χ1v) is 3.17. The lowest BCUT2D eigenvalue weighted by molar-refractivity contribution is -0.132. The van der Waals surface area contributed by atoms with Crippen molar-refractivity contribution in [1.29, 1.82) is 0 Å². The number of aliphatic hydroxyl groups is 1. The molecule has 0 aliphatic heterocycles. The van der Waals surface area contributed by atoms with Gasteiger partial charge >= 0.3 is 0 Å². The summed E-state index contributed by atoms with van der Waals surface area (Å²) >= 11 is 0. The summed E-state index contributed by atoms with van der Waals surface area (Å²) in [7, 11) is 1.55. The average molecular weight is 143 g/mol. The smallest absolute Gasteiger partial charge is 0.247 e. The van der Waals surface area contributed by atoms with Crippen molar-refractivity contribution >= 4 is 5.91 Å². The Morgan fingerprint density at radius 3 is 2.50 bits per heavy atom. The number of hydrogen-bond acceptors (Lipinski definition) is 2. The Balaban J connectivity index is 3.95. The molecule has 0 aromatic carbocycles. The van der Waals surface area contributed by atoms with Gasteiger partial charge in [-0.05, 0) is 19.9 Å². The van der Waals surface area contributed by atoms with E-state index in [2.05, 4.69) is 0 Å². The molecule has 10 heavy (non-hydrogen) atoms. The van der Waals surface area contributed by atoms with Crippen LogP contribution in [0.5, 0.6) is 0 Å². The maximum Gasteiger partial charge on any atom is 0.247 e. The molecular formula is C7H13NO2. The molecule has 0 aliphatic carbocycles. The third-order valence-corrected chi connectivity index (χ3v) is 1.22. The van der Waals surface area contributed by atoms with Gasteiger partial charge in [-0.25, -0.2) is 0 Å². The van der Waals surface area contributed by atoms with Gasteiger partial charge < -0.3 is 10.0 Å². The highest BCUT2D eigenvalue weighted by atomic mass is 16.3. The second-order valence-corrected chi connectivity index (χ2v) is 2.08. The number of rotatable bonds is 2. The molecule has 0 spiro atoms. The number of amides is 1. The zero-order valence-corrected chi connectivity index (χ0v) is 6.53. The van der Waals surface area contributed by atoms with Crippen LogP contribution in [-0.4, -0.2) is 29.2 Å². The van der Waals surface area contributed by atoms with Crippen LogP contribution in [0.2, 0.25) is 0 Å². The normalized spacial score (nSPS) is 13.6. The highest BCUT2D eigenvalue weighted by molar-refractivity contribution is 5.87. The second-order valence-electron chi connectivity index (χ2n) is 2.08. The molecule has 1 atom stereocenters. The van der Waals surface area contributed by atoms with Gasteiger partial charge in [-0.3, -0.25) is 4.79 Å². The van der Waals surface area contributed by atoms with Crippen LogP contribution in [0.1, 0.15) is 13.8 Å². The minimum atomic E-state index is -0.719. The van der Waals surface area contributed by atoms with E-state index in [0.717, 1.165) is 0 Å². The SMILES string of the molecule is C/C=C\C(=O)N(C)C(C)O. The van der Waals surface area contributed by atoms with Crippen LogP contribution in [0.15, 0.2) is 12.2 Å². The van der Waals surface area contributed by atoms with E-state index in [1.54, 1.807) is 27.0 Å². The number of likely N-dealkylation sites (N-methyl/N-ethyl adjacent to an activating group) is 1. The van der Waals surface area contributed by atoms with Crippen LogP contribution in [0, 0.1) is 0 Å². The number of aliphatic hydroxyl groups excluding tert-OH is 1. The molecule has 0 bridgehead atoms. The number of carbonyl (C=O) groups excluding carboxylic acids is 1. The fraction of sp³-hybridized carbons (Fsp3) is 0.571. The summed E-state index contributed by atoms with van der Waals surface area (Å²) in [4.78, 5) is 12.1. The molecule has 0 saturated heterocycles. The molecule has 0 saturated carbocycles. The number of nitrogens with zero attached hydrogens (tertiary/aromatic N) is 1. The van der Waals surface area contributed by atoms with E-state index >= 15 is 0 Å². The van der Waals surface area contributed by atoms with Crippen molar-refractivity contribution in [2.75, 3.05) is 7.05 Å². The molecule has 58 valence electrons. The molecule has 0 rings (SSSR count). The van der Waals surface area contributed by atoms with Crippen molar-refractivity contribution in [3.63, 3.8) is 0 Å². The molecule has 0 aromatic heterocycles. The first-order chi connectivity index (χ1) is 4.59. The van der Waals surface area contributed by atoms with Gasteiger partial charge in [0.15, 0.2) is 0 Å². The van der Waals surface area contributed by atoms with Gasteiger partial charge in [-0.1, -0.05) is 6.08 Å². The fourth-order valence-electron chi connectivity index (χ4n) is 0.444. The summed E-state index contributed by atoms with van der Waals surface area (Å²) in [6.45, 7) is 3.30. The van der Waals surface area contributed by atoms with E-state index in [1.165, 1.54) is 11.0 Å². The summed E-state index contributed by atoms with van der Waals surface area (Å²) in [5, 5.41) is 8.89. The average Bonchev–Trinajstić information content (AvgIpc) is 1.87. The van der Waals surface area contributed by atoms with E-state index < -0.39 is 6.23 Å². The lowest BCUT2D eigenvalue weighted by Gasteiger charge is -2.17. The Morgan fingerprint density at radius 2 is 2.20 bits per heavy atom. The van der Waals surface area contributed by atoms with Gasteiger partial charge in [-0.15, -0.1) is 0 Å². The summed E-state index contributed by atoms with van der Waals surface area (Å²) in [5.41, 5.74) is 0. The second kappa shape index (κ2) is 4.06. The lowest BCUT2D eigenvalue weighted by Crippen LogP contribution is -2.33. The molecule has 0 fully saturated rings. The third-order valence-electron chi connectivity index (χ3n) is 1.22. The lowest BCUT2D eigenvalue weighted by atomic mass is 10.4. The minimum absolute atomic E-state index is 0.183. The standard InChI is InChI=1S/C7H13NO2/c1-4-5-7(10)8(3)6(2)9/h4-6,9H,1-3H3/b5-4-. The Kier molecular flexibility index (Phi) is 3.72. The van der Waals surface area contributed by atoms with Gasteiger partial charge in [0.25, 0.3) is 0 Å². The predicted molar refractivity (Wildman–Crippen MR) is 39.3 cm³/mol. The monoisotopic (exact) mass is 143 g/mol.